The standard InChI is InChI=1S/C9H18N2O3.C8H14N2O2.CH4O/c1-11(2)7-6-10-8(12)4-5-9(13)14-3;1-9(2)5-6-10-7(11)3-4-8(10)12;1-2/h4-7H2,1-3H3,(H,10,12);3-6H2,1-2H3;2H,1H3. The van der Waals surface area contributed by atoms with Crippen molar-refractivity contribution in [2.45, 2.75) is 25.7 Å². The number of carbonyl (C=O) groups excluding carboxylic acids is 4. The smallest absolute Gasteiger partial charge is 0.306 e. The molecule has 1 aliphatic rings. The molecular weight excluding hydrogens is 368 g/mol. The van der Waals surface area contributed by atoms with Gasteiger partial charge in [-0.25, -0.2) is 0 Å². The summed E-state index contributed by atoms with van der Waals surface area (Å²) in [6.07, 6.45) is 1.13. The topological polar surface area (TPSA) is 119 Å². The van der Waals surface area contributed by atoms with Gasteiger partial charge >= 0.3 is 5.97 Å². The van der Waals surface area contributed by atoms with Crippen molar-refractivity contribution in [3.63, 3.8) is 0 Å². The van der Waals surface area contributed by atoms with Crippen molar-refractivity contribution >= 4 is 23.7 Å². The first-order valence-corrected chi connectivity index (χ1v) is 9.08. The molecule has 0 bridgehead atoms. The largest absolute Gasteiger partial charge is 0.469 e. The first-order valence-electron chi connectivity index (χ1n) is 9.08. The number of ether oxygens (including phenoxy) is 1. The van der Waals surface area contributed by atoms with E-state index in [1.54, 1.807) is 0 Å². The van der Waals surface area contributed by atoms with Crippen LogP contribution in [0.4, 0.5) is 0 Å². The summed E-state index contributed by atoms with van der Waals surface area (Å²) in [7, 11) is 10.0. The number of amides is 3. The number of hydrogen-bond acceptors (Lipinski definition) is 8. The lowest BCUT2D eigenvalue weighted by atomic mass is 10.3. The molecule has 3 amide bonds. The zero-order valence-corrected chi connectivity index (χ0v) is 18.0. The van der Waals surface area contributed by atoms with Crippen molar-refractivity contribution in [1.82, 2.24) is 20.0 Å². The Kier molecular flexibility index (Phi) is 17.2. The molecule has 0 unspecified atom stereocenters. The second-order valence-corrected chi connectivity index (χ2v) is 6.47. The Balaban J connectivity index is 0. The van der Waals surface area contributed by atoms with E-state index in [1.807, 2.05) is 38.0 Å². The zero-order chi connectivity index (χ0) is 22.1. The summed E-state index contributed by atoms with van der Waals surface area (Å²) in [5, 5.41) is 9.71. The Hall–Kier alpha value is -2.04. The quantitative estimate of drug-likeness (QED) is 0.368. The molecule has 1 aliphatic heterocycles. The van der Waals surface area contributed by atoms with Crippen LogP contribution in [0.15, 0.2) is 0 Å². The maximum atomic E-state index is 11.1. The van der Waals surface area contributed by atoms with Crippen molar-refractivity contribution in [3.8, 4) is 0 Å². The predicted molar refractivity (Wildman–Crippen MR) is 105 cm³/mol. The van der Waals surface area contributed by atoms with Gasteiger partial charge < -0.3 is 25.0 Å². The van der Waals surface area contributed by atoms with Crippen LogP contribution in [0.3, 0.4) is 0 Å². The van der Waals surface area contributed by atoms with Gasteiger partial charge in [-0.15, -0.1) is 0 Å². The number of carbonyl (C=O) groups is 4. The van der Waals surface area contributed by atoms with Crippen LogP contribution in [-0.2, 0) is 23.9 Å². The normalized spacial score (nSPS) is 13.0. The van der Waals surface area contributed by atoms with Crippen molar-refractivity contribution < 1.29 is 29.0 Å². The Bertz CT molecular complexity index is 467. The number of aliphatic hydroxyl groups excluding tert-OH is 1. The van der Waals surface area contributed by atoms with Crippen LogP contribution in [0.2, 0.25) is 0 Å². The number of methoxy groups -OCH3 is 1. The number of likely N-dealkylation sites (N-methyl/N-ethyl adjacent to an activating group) is 2. The molecule has 0 spiro atoms. The molecule has 1 heterocycles. The van der Waals surface area contributed by atoms with Crippen LogP contribution in [-0.4, -0.2) is 112 Å². The van der Waals surface area contributed by atoms with Crippen molar-refractivity contribution in [3.05, 3.63) is 0 Å². The van der Waals surface area contributed by atoms with E-state index in [-0.39, 0.29) is 36.5 Å². The molecule has 2 N–H and O–H groups in total. The minimum Gasteiger partial charge on any atom is -0.469 e. The summed E-state index contributed by atoms with van der Waals surface area (Å²) in [5.41, 5.74) is 0. The van der Waals surface area contributed by atoms with E-state index in [1.165, 1.54) is 12.0 Å². The van der Waals surface area contributed by atoms with Crippen LogP contribution in [0.25, 0.3) is 0 Å². The summed E-state index contributed by atoms with van der Waals surface area (Å²) < 4.78 is 4.42. The fourth-order valence-corrected chi connectivity index (χ4v) is 2.00. The molecule has 1 fully saturated rings. The van der Waals surface area contributed by atoms with Crippen molar-refractivity contribution in [2.75, 3.05) is 68.6 Å². The molecular formula is C18H36N4O6. The molecule has 28 heavy (non-hydrogen) atoms. The number of nitrogens with zero attached hydrogens (tertiary/aromatic N) is 3. The summed E-state index contributed by atoms with van der Waals surface area (Å²) in [6, 6.07) is 0. The van der Waals surface area contributed by atoms with Crippen LogP contribution in [0, 0.1) is 0 Å². The van der Waals surface area contributed by atoms with Gasteiger partial charge in [0.2, 0.25) is 17.7 Å². The molecule has 0 atom stereocenters. The van der Waals surface area contributed by atoms with Gasteiger partial charge in [0.1, 0.15) is 0 Å². The third-order valence-electron chi connectivity index (χ3n) is 3.59. The minimum absolute atomic E-state index is 0.0261. The number of rotatable bonds is 9. The molecule has 0 aromatic carbocycles. The number of imide groups is 1. The Morgan fingerprint density at radius 2 is 1.50 bits per heavy atom. The van der Waals surface area contributed by atoms with E-state index in [2.05, 4.69) is 10.1 Å². The van der Waals surface area contributed by atoms with Crippen LogP contribution >= 0.6 is 0 Å². The maximum absolute atomic E-state index is 11.1. The fraction of sp³-hybridized carbons (Fsp3) is 0.778. The second kappa shape index (κ2) is 17.1. The molecule has 1 saturated heterocycles. The first kappa shape index (κ1) is 28.2. The van der Waals surface area contributed by atoms with E-state index in [0.29, 0.717) is 25.9 Å². The van der Waals surface area contributed by atoms with Gasteiger partial charge in [-0.05, 0) is 28.2 Å². The predicted octanol–water partition coefficient (Wildman–Crippen LogP) is -1.08. The van der Waals surface area contributed by atoms with E-state index < -0.39 is 0 Å². The highest BCUT2D eigenvalue weighted by Crippen LogP contribution is 2.10. The van der Waals surface area contributed by atoms with E-state index in [0.717, 1.165) is 20.2 Å². The lowest BCUT2D eigenvalue weighted by Gasteiger charge is -2.16. The Morgan fingerprint density at radius 3 is 1.93 bits per heavy atom. The summed E-state index contributed by atoms with van der Waals surface area (Å²) in [6.45, 7) is 2.68. The fourth-order valence-electron chi connectivity index (χ4n) is 2.00. The molecule has 10 nitrogen and oxygen atoms in total. The van der Waals surface area contributed by atoms with Gasteiger partial charge in [0.25, 0.3) is 0 Å². The number of hydrogen-bond donors (Lipinski definition) is 2. The summed E-state index contributed by atoms with van der Waals surface area (Å²) in [4.78, 5) is 49.2. The molecule has 0 radical (unpaired) electrons. The first-order chi connectivity index (χ1) is 13.2. The van der Waals surface area contributed by atoms with Crippen LogP contribution in [0.5, 0.6) is 0 Å². The maximum Gasteiger partial charge on any atom is 0.306 e. The third-order valence-corrected chi connectivity index (χ3v) is 3.59. The number of nitrogens with one attached hydrogen (secondary N) is 1. The number of likely N-dealkylation sites (tertiary alicyclic amines) is 1. The van der Waals surface area contributed by atoms with Gasteiger partial charge in [-0.3, -0.25) is 24.1 Å². The minimum atomic E-state index is -0.354. The SMILES string of the molecule is CN(C)CCN1C(=O)CCC1=O.CO.COC(=O)CCC(=O)NCCN(C)C. The second-order valence-electron chi connectivity index (χ2n) is 6.47. The zero-order valence-electron chi connectivity index (χ0n) is 18.0. The Labute approximate surface area is 167 Å². The highest BCUT2D eigenvalue weighted by molar-refractivity contribution is 6.01. The molecule has 10 heteroatoms. The average Bonchev–Trinajstić information content (AvgIpc) is 2.97. The van der Waals surface area contributed by atoms with Crippen LogP contribution < -0.4 is 5.32 Å². The molecule has 1 rings (SSSR count). The number of aliphatic hydroxyl groups is 1. The van der Waals surface area contributed by atoms with E-state index in [4.69, 9.17) is 5.11 Å². The Morgan fingerprint density at radius 1 is 1.00 bits per heavy atom. The van der Waals surface area contributed by atoms with E-state index >= 15 is 0 Å². The molecule has 0 aromatic heterocycles. The summed E-state index contributed by atoms with van der Waals surface area (Å²) in [5.74, 6) is -0.520. The molecule has 0 aliphatic carbocycles. The van der Waals surface area contributed by atoms with Crippen molar-refractivity contribution in [1.29, 1.82) is 0 Å². The lowest BCUT2D eigenvalue weighted by Crippen LogP contribution is -2.35. The number of esters is 1. The highest BCUT2D eigenvalue weighted by Gasteiger charge is 2.28. The van der Waals surface area contributed by atoms with Crippen molar-refractivity contribution in [2.24, 2.45) is 0 Å². The van der Waals surface area contributed by atoms with Crippen LogP contribution in [0.1, 0.15) is 25.7 Å². The lowest BCUT2D eigenvalue weighted by molar-refractivity contribution is -0.142. The van der Waals surface area contributed by atoms with Gasteiger partial charge in [-0.1, -0.05) is 0 Å². The van der Waals surface area contributed by atoms with E-state index in [9.17, 15) is 19.2 Å². The molecule has 164 valence electrons. The van der Waals surface area contributed by atoms with Gasteiger partial charge in [0, 0.05) is 52.6 Å². The monoisotopic (exact) mass is 404 g/mol. The third kappa shape index (κ3) is 15.1. The van der Waals surface area contributed by atoms with Gasteiger partial charge in [-0.2, -0.15) is 0 Å². The average molecular weight is 405 g/mol. The summed E-state index contributed by atoms with van der Waals surface area (Å²) >= 11 is 0. The van der Waals surface area contributed by atoms with Gasteiger partial charge in [0.05, 0.1) is 13.5 Å². The highest BCUT2D eigenvalue weighted by atomic mass is 16.5. The molecule has 0 aromatic rings. The van der Waals surface area contributed by atoms with Gasteiger partial charge in [0.15, 0.2) is 0 Å². The molecule has 0 saturated carbocycles.